The number of benzene rings is 1. The molecule has 4 nitrogen and oxygen atoms in total. The lowest BCUT2D eigenvalue weighted by molar-refractivity contribution is 0.211. The topological polar surface area (TPSA) is 33.1 Å². The number of hydrogen-bond donors (Lipinski definition) is 1. The van der Waals surface area contributed by atoms with Crippen molar-refractivity contribution in [3.63, 3.8) is 0 Å². The maximum absolute atomic E-state index is 13.2. The number of nitrogens with one attached hydrogen (secondary N) is 1. The van der Waals surface area contributed by atoms with E-state index in [1.807, 2.05) is 14.0 Å². The number of anilines is 1. The fraction of sp³-hybridized carbons (Fsp3) is 0.471. The minimum Gasteiger partial charge on any atom is -0.382 e. The van der Waals surface area contributed by atoms with E-state index in [0.29, 0.717) is 11.2 Å². The predicted octanol–water partition coefficient (Wildman–Crippen LogP) is 4.25. The van der Waals surface area contributed by atoms with Gasteiger partial charge in [0.1, 0.15) is 11.0 Å². The van der Waals surface area contributed by atoms with Crippen LogP contribution >= 0.6 is 23.2 Å². The largest absolute Gasteiger partial charge is 0.382 e. The van der Waals surface area contributed by atoms with Crippen molar-refractivity contribution in [2.45, 2.75) is 32.4 Å². The number of likely N-dealkylation sites (tertiary alicyclic amines) is 1. The number of hydrogen-bond acceptors (Lipinski definition) is 3. The molecule has 1 aliphatic heterocycles. The highest BCUT2D eigenvalue weighted by Crippen LogP contribution is 2.25. The van der Waals surface area contributed by atoms with Crippen molar-refractivity contribution in [1.29, 1.82) is 0 Å². The highest BCUT2D eigenvalue weighted by molar-refractivity contribution is 6.31. The molecule has 2 heterocycles. The van der Waals surface area contributed by atoms with E-state index >= 15 is 0 Å². The van der Waals surface area contributed by atoms with Gasteiger partial charge in [0.2, 0.25) is 0 Å². The summed E-state index contributed by atoms with van der Waals surface area (Å²) in [6.45, 7) is 4.79. The summed E-state index contributed by atoms with van der Waals surface area (Å²) < 4.78 is 14.9. The van der Waals surface area contributed by atoms with Gasteiger partial charge in [-0.3, -0.25) is 9.58 Å². The summed E-state index contributed by atoms with van der Waals surface area (Å²) in [5, 5.41) is 8.67. The van der Waals surface area contributed by atoms with Gasteiger partial charge in [-0.1, -0.05) is 23.2 Å². The van der Waals surface area contributed by atoms with E-state index in [2.05, 4.69) is 15.3 Å². The normalized spacial score (nSPS) is 16.5. The summed E-state index contributed by atoms with van der Waals surface area (Å²) >= 11 is 12.1. The van der Waals surface area contributed by atoms with Gasteiger partial charge in [0, 0.05) is 44.0 Å². The molecule has 1 aromatic carbocycles. The summed E-state index contributed by atoms with van der Waals surface area (Å²) in [7, 11) is 1.86. The molecule has 0 spiro atoms. The number of aryl methyl sites for hydroxylation is 2. The van der Waals surface area contributed by atoms with Crippen LogP contribution in [-0.2, 0) is 13.6 Å². The van der Waals surface area contributed by atoms with Crippen molar-refractivity contribution >= 4 is 28.9 Å². The first kappa shape index (κ1) is 17.5. The van der Waals surface area contributed by atoms with Gasteiger partial charge in [0.15, 0.2) is 0 Å². The van der Waals surface area contributed by atoms with Gasteiger partial charge in [-0.2, -0.15) is 5.10 Å². The van der Waals surface area contributed by atoms with Crippen molar-refractivity contribution in [3.8, 4) is 0 Å². The molecule has 0 amide bonds. The van der Waals surface area contributed by atoms with Crippen molar-refractivity contribution in [1.82, 2.24) is 14.7 Å². The maximum atomic E-state index is 13.2. The fourth-order valence-electron chi connectivity index (χ4n) is 3.13. The van der Waals surface area contributed by atoms with Gasteiger partial charge < -0.3 is 5.32 Å². The molecule has 0 aliphatic carbocycles. The van der Waals surface area contributed by atoms with E-state index in [0.717, 1.165) is 49.4 Å². The Hall–Kier alpha value is -1.30. The first-order valence-electron chi connectivity index (χ1n) is 8.06. The summed E-state index contributed by atoms with van der Waals surface area (Å²) in [5.41, 5.74) is 2.96. The van der Waals surface area contributed by atoms with Crippen LogP contribution in [0.15, 0.2) is 18.2 Å². The van der Waals surface area contributed by atoms with Crippen LogP contribution in [-0.4, -0.2) is 33.8 Å². The average molecular weight is 371 g/mol. The number of piperidine rings is 1. The Morgan fingerprint density at radius 2 is 2.00 bits per heavy atom. The zero-order valence-electron chi connectivity index (χ0n) is 13.8. The molecule has 0 saturated carbocycles. The number of nitrogens with zero attached hydrogens (tertiary/aromatic N) is 3. The quantitative estimate of drug-likeness (QED) is 0.872. The SMILES string of the molecule is Cc1nn(C)c(Cl)c1CN1CCC(Nc2ccc(F)c(Cl)c2)CC1. The van der Waals surface area contributed by atoms with Gasteiger partial charge in [-0.15, -0.1) is 0 Å². The smallest absolute Gasteiger partial charge is 0.141 e. The zero-order valence-corrected chi connectivity index (χ0v) is 15.3. The summed E-state index contributed by atoms with van der Waals surface area (Å²) in [4.78, 5) is 2.39. The molecule has 3 rings (SSSR count). The highest BCUT2D eigenvalue weighted by atomic mass is 35.5. The highest BCUT2D eigenvalue weighted by Gasteiger charge is 2.22. The van der Waals surface area contributed by atoms with E-state index in [4.69, 9.17) is 23.2 Å². The third-order valence-electron chi connectivity index (χ3n) is 4.53. The van der Waals surface area contributed by atoms with Crippen molar-refractivity contribution in [2.75, 3.05) is 18.4 Å². The molecule has 1 aromatic heterocycles. The second-order valence-electron chi connectivity index (χ2n) is 6.30. The van der Waals surface area contributed by atoms with Crippen LogP contribution in [0.25, 0.3) is 0 Å². The van der Waals surface area contributed by atoms with Gasteiger partial charge in [-0.25, -0.2) is 4.39 Å². The summed E-state index contributed by atoms with van der Waals surface area (Å²) in [6.07, 6.45) is 2.04. The first-order chi connectivity index (χ1) is 11.4. The number of rotatable bonds is 4. The van der Waals surface area contributed by atoms with E-state index in [-0.39, 0.29) is 10.8 Å². The summed E-state index contributed by atoms with van der Waals surface area (Å²) in [6, 6.07) is 5.13. The molecule has 0 radical (unpaired) electrons. The monoisotopic (exact) mass is 370 g/mol. The molecular formula is C17H21Cl2FN4. The molecule has 7 heteroatoms. The second-order valence-corrected chi connectivity index (χ2v) is 7.07. The van der Waals surface area contributed by atoms with Gasteiger partial charge >= 0.3 is 0 Å². The number of halogens is 3. The second kappa shape index (κ2) is 7.30. The molecule has 0 bridgehead atoms. The number of aromatic nitrogens is 2. The fourth-order valence-corrected chi connectivity index (χ4v) is 3.55. The standard InChI is InChI=1S/C17H21Cl2FN4/c1-11-14(17(19)23(2)22-11)10-24-7-5-12(6-8-24)21-13-3-4-16(20)15(18)9-13/h3-4,9,12,21H,5-8,10H2,1-2H3. The molecule has 0 atom stereocenters. The Morgan fingerprint density at radius 3 is 2.58 bits per heavy atom. The van der Waals surface area contributed by atoms with E-state index in [9.17, 15) is 4.39 Å². The third kappa shape index (κ3) is 3.85. The average Bonchev–Trinajstić information content (AvgIpc) is 2.79. The van der Waals surface area contributed by atoms with Crippen LogP contribution in [0.3, 0.4) is 0 Å². The minimum absolute atomic E-state index is 0.152. The molecule has 2 aromatic rings. The van der Waals surface area contributed by atoms with Crippen LogP contribution < -0.4 is 5.32 Å². The lowest BCUT2D eigenvalue weighted by Crippen LogP contribution is -2.38. The van der Waals surface area contributed by atoms with Crippen LogP contribution in [0.2, 0.25) is 10.2 Å². The maximum Gasteiger partial charge on any atom is 0.141 e. The Labute approximate surface area is 151 Å². The molecule has 24 heavy (non-hydrogen) atoms. The lowest BCUT2D eigenvalue weighted by atomic mass is 10.0. The minimum atomic E-state index is -0.388. The van der Waals surface area contributed by atoms with Crippen molar-refractivity contribution in [2.24, 2.45) is 7.05 Å². The first-order valence-corrected chi connectivity index (χ1v) is 8.81. The van der Waals surface area contributed by atoms with Crippen LogP contribution in [0, 0.1) is 12.7 Å². The molecule has 1 fully saturated rings. The van der Waals surface area contributed by atoms with Crippen LogP contribution in [0.1, 0.15) is 24.1 Å². The van der Waals surface area contributed by atoms with E-state index < -0.39 is 0 Å². The zero-order chi connectivity index (χ0) is 17.3. The molecular weight excluding hydrogens is 350 g/mol. The van der Waals surface area contributed by atoms with E-state index in [1.54, 1.807) is 16.8 Å². The molecule has 1 N–H and O–H groups in total. The third-order valence-corrected chi connectivity index (χ3v) is 5.29. The van der Waals surface area contributed by atoms with Gasteiger partial charge in [0.25, 0.3) is 0 Å². The van der Waals surface area contributed by atoms with Crippen molar-refractivity contribution in [3.05, 3.63) is 45.4 Å². The molecule has 0 unspecified atom stereocenters. The summed E-state index contributed by atoms with van der Waals surface area (Å²) in [5.74, 6) is -0.388. The molecule has 1 saturated heterocycles. The van der Waals surface area contributed by atoms with Gasteiger partial charge in [0.05, 0.1) is 10.7 Å². The molecule has 1 aliphatic rings. The van der Waals surface area contributed by atoms with Crippen molar-refractivity contribution < 1.29 is 4.39 Å². The van der Waals surface area contributed by atoms with Gasteiger partial charge in [-0.05, 0) is 38.0 Å². The van der Waals surface area contributed by atoms with E-state index in [1.165, 1.54) is 6.07 Å². The Kier molecular flexibility index (Phi) is 5.33. The lowest BCUT2D eigenvalue weighted by Gasteiger charge is -2.32. The Balaban J connectivity index is 1.55. The van der Waals surface area contributed by atoms with Crippen LogP contribution in [0.4, 0.5) is 10.1 Å². The van der Waals surface area contributed by atoms with Crippen LogP contribution in [0.5, 0.6) is 0 Å². The molecule has 130 valence electrons. The Morgan fingerprint density at radius 1 is 1.29 bits per heavy atom. The Bertz CT molecular complexity index is 724. The predicted molar refractivity (Wildman–Crippen MR) is 96.3 cm³/mol.